The number of rotatable bonds is 4. The Bertz CT molecular complexity index is 922. The SMILES string of the molecule is O=C1C2C3C=CC(C2C(=O)N1CN1CCSCC1)C1C2C(=O)N(CN4CCSCC4)C(=O)C2C31. The first-order valence-electron chi connectivity index (χ1n) is 12.6. The van der Waals surface area contributed by atoms with Gasteiger partial charge in [0.25, 0.3) is 0 Å². The minimum atomic E-state index is -0.361. The van der Waals surface area contributed by atoms with Gasteiger partial charge in [-0.2, -0.15) is 23.5 Å². The Hall–Kier alpha value is -1.36. The zero-order chi connectivity index (χ0) is 23.1. The summed E-state index contributed by atoms with van der Waals surface area (Å²) in [5.41, 5.74) is 0. The van der Waals surface area contributed by atoms with E-state index in [4.69, 9.17) is 0 Å². The summed E-state index contributed by atoms with van der Waals surface area (Å²) in [6.07, 6.45) is 4.19. The van der Waals surface area contributed by atoms with Gasteiger partial charge in [-0.25, -0.2) is 0 Å². The zero-order valence-electron chi connectivity index (χ0n) is 19.1. The molecule has 34 heavy (non-hydrogen) atoms. The number of thioether (sulfide) groups is 2. The third-order valence-electron chi connectivity index (χ3n) is 9.42. The number of allylic oxidation sites excluding steroid dienone is 2. The zero-order valence-corrected chi connectivity index (χ0v) is 20.7. The standard InChI is InChI=1S/C24H30N4O4S2/c29-21-17-13-1-2-14(18(17)22(30)27(21)11-25-3-7-33-8-4-25)16-15(13)19-20(16)24(32)28(23(19)31)12-26-5-9-34-10-6-26/h1-2,13-20H,3-12H2. The van der Waals surface area contributed by atoms with Crippen LogP contribution in [0.2, 0.25) is 0 Å². The van der Waals surface area contributed by atoms with Crippen LogP contribution in [0.25, 0.3) is 0 Å². The van der Waals surface area contributed by atoms with Crippen molar-refractivity contribution in [2.24, 2.45) is 47.3 Å². The lowest BCUT2D eigenvalue weighted by molar-refractivity contribution is -0.166. The van der Waals surface area contributed by atoms with Crippen molar-refractivity contribution in [2.45, 2.75) is 0 Å². The van der Waals surface area contributed by atoms with Gasteiger partial charge < -0.3 is 0 Å². The van der Waals surface area contributed by atoms with Crippen molar-refractivity contribution in [3.8, 4) is 0 Å². The maximum absolute atomic E-state index is 13.5. The Kier molecular flexibility index (Phi) is 5.20. The summed E-state index contributed by atoms with van der Waals surface area (Å²) in [6.45, 7) is 4.36. The molecule has 0 aromatic carbocycles. The number of carbonyl (C=O) groups is 4. The van der Waals surface area contributed by atoms with Crippen LogP contribution in [0.15, 0.2) is 12.2 Å². The minimum Gasteiger partial charge on any atom is -0.284 e. The molecule has 0 aromatic rings. The number of amides is 4. The molecular weight excluding hydrogens is 472 g/mol. The first-order chi connectivity index (χ1) is 16.6. The molecule has 2 saturated carbocycles. The Morgan fingerprint density at radius 1 is 0.588 bits per heavy atom. The fourth-order valence-corrected chi connectivity index (χ4v) is 9.85. The van der Waals surface area contributed by atoms with Crippen molar-refractivity contribution in [1.29, 1.82) is 0 Å². The van der Waals surface area contributed by atoms with Crippen LogP contribution in [0.1, 0.15) is 0 Å². The predicted molar refractivity (Wildman–Crippen MR) is 128 cm³/mol. The van der Waals surface area contributed by atoms with Crippen molar-refractivity contribution in [3.05, 3.63) is 12.2 Å². The van der Waals surface area contributed by atoms with Gasteiger partial charge in [-0.3, -0.25) is 38.8 Å². The molecule has 0 radical (unpaired) electrons. The quantitative estimate of drug-likeness (QED) is 0.400. The highest BCUT2D eigenvalue weighted by atomic mass is 32.2. The fraction of sp³-hybridized carbons (Fsp3) is 0.750. The van der Waals surface area contributed by atoms with E-state index in [2.05, 4.69) is 22.0 Å². The lowest BCUT2D eigenvalue weighted by Gasteiger charge is -2.60. The van der Waals surface area contributed by atoms with Crippen molar-refractivity contribution in [3.63, 3.8) is 0 Å². The monoisotopic (exact) mass is 502 g/mol. The third-order valence-corrected chi connectivity index (χ3v) is 11.3. The Morgan fingerprint density at radius 2 is 0.941 bits per heavy atom. The summed E-state index contributed by atoms with van der Waals surface area (Å²) in [5, 5.41) is 0. The van der Waals surface area contributed by atoms with Gasteiger partial charge in [0.05, 0.1) is 37.0 Å². The molecule has 0 aromatic heterocycles. The highest BCUT2D eigenvalue weighted by Crippen LogP contribution is 2.68. The first-order valence-corrected chi connectivity index (χ1v) is 14.9. The molecule has 182 valence electrons. The topological polar surface area (TPSA) is 81.2 Å². The van der Waals surface area contributed by atoms with Crippen LogP contribution in [-0.4, -0.2) is 106 Å². The van der Waals surface area contributed by atoms with Gasteiger partial charge in [-0.05, 0) is 23.7 Å². The summed E-state index contributed by atoms with van der Waals surface area (Å²) in [6, 6.07) is 0. The maximum atomic E-state index is 13.5. The predicted octanol–water partition coefficient (Wildman–Crippen LogP) is 0.263. The van der Waals surface area contributed by atoms with Crippen molar-refractivity contribution >= 4 is 47.2 Å². The van der Waals surface area contributed by atoms with Crippen molar-refractivity contribution in [1.82, 2.24) is 19.6 Å². The molecule has 10 heteroatoms. The smallest absolute Gasteiger partial charge is 0.234 e. The van der Waals surface area contributed by atoms with Gasteiger partial charge in [-0.15, -0.1) is 0 Å². The summed E-state index contributed by atoms with van der Waals surface area (Å²) in [7, 11) is 0. The molecule has 4 amide bonds. The molecule has 8 atom stereocenters. The minimum absolute atomic E-state index is 0.0164. The van der Waals surface area contributed by atoms with Crippen molar-refractivity contribution < 1.29 is 19.2 Å². The van der Waals surface area contributed by atoms with Gasteiger partial charge >= 0.3 is 0 Å². The number of hydrogen-bond donors (Lipinski definition) is 0. The largest absolute Gasteiger partial charge is 0.284 e. The van der Waals surface area contributed by atoms with E-state index in [1.165, 1.54) is 9.80 Å². The molecule has 0 spiro atoms. The third kappa shape index (κ3) is 2.94. The van der Waals surface area contributed by atoms with Gasteiger partial charge in [0.1, 0.15) is 0 Å². The van der Waals surface area contributed by atoms with Gasteiger partial charge in [0.2, 0.25) is 23.6 Å². The molecule has 4 aliphatic heterocycles. The van der Waals surface area contributed by atoms with E-state index in [9.17, 15) is 19.2 Å². The molecule has 8 rings (SSSR count). The number of fused-ring (bicyclic) bond motifs is 1. The summed E-state index contributed by atoms with van der Waals surface area (Å²) in [5.74, 6) is 2.36. The van der Waals surface area contributed by atoms with Crippen LogP contribution in [-0.2, 0) is 19.2 Å². The average molecular weight is 503 g/mol. The second-order valence-electron chi connectivity index (χ2n) is 10.8. The number of nitrogens with zero attached hydrogens (tertiary/aromatic N) is 4. The van der Waals surface area contributed by atoms with E-state index in [0.717, 1.165) is 49.2 Å². The first kappa shape index (κ1) is 21.9. The van der Waals surface area contributed by atoms with E-state index in [1.807, 2.05) is 23.5 Å². The Morgan fingerprint density at radius 3 is 1.32 bits per heavy atom. The van der Waals surface area contributed by atoms with E-state index in [1.54, 1.807) is 0 Å². The number of carbonyl (C=O) groups excluding carboxylic acids is 4. The molecule has 4 saturated heterocycles. The van der Waals surface area contributed by atoms with Crippen LogP contribution in [0, 0.1) is 47.3 Å². The Labute approximate surface area is 207 Å². The van der Waals surface area contributed by atoms with Crippen LogP contribution in [0.4, 0.5) is 0 Å². The van der Waals surface area contributed by atoms with Gasteiger partial charge in [0.15, 0.2) is 0 Å². The highest BCUT2D eigenvalue weighted by Gasteiger charge is 2.75. The van der Waals surface area contributed by atoms with Gasteiger partial charge in [0, 0.05) is 49.2 Å². The van der Waals surface area contributed by atoms with Gasteiger partial charge in [-0.1, -0.05) is 12.2 Å². The van der Waals surface area contributed by atoms with E-state index >= 15 is 0 Å². The van der Waals surface area contributed by atoms with E-state index in [-0.39, 0.29) is 71.0 Å². The maximum Gasteiger partial charge on any atom is 0.234 e. The normalized spacial score (nSPS) is 43.9. The van der Waals surface area contributed by atoms with E-state index in [0.29, 0.717) is 13.3 Å². The molecule has 8 aliphatic rings. The Balaban J connectivity index is 1.13. The second kappa shape index (κ2) is 8.08. The summed E-state index contributed by atoms with van der Waals surface area (Å²) in [4.78, 5) is 61.3. The van der Waals surface area contributed by atoms with Crippen molar-refractivity contribution in [2.75, 3.05) is 62.5 Å². The molecule has 4 aliphatic carbocycles. The summed E-state index contributed by atoms with van der Waals surface area (Å²) >= 11 is 3.81. The molecule has 8 unspecified atom stereocenters. The van der Waals surface area contributed by atoms with E-state index < -0.39 is 0 Å². The number of imide groups is 2. The molecule has 0 N–H and O–H groups in total. The van der Waals surface area contributed by atoms with Crippen LogP contribution in [0.3, 0.4) is 0 Å². The number of likely N-dealkylation sites (tertiary alicyclic amines) is 2. The average Bonchev–Trinajstić information content (AvgIpc) is 3.21. The lowest BCUT2D eigenvalue weighted by atomic mass is 9.40. The fourth-order valence-electron chi connectivity index (χ4n) is 7.89. The molecule has 6 fully saturated rings. The molecule has 8 nitrogen and oxygen atoms in total. The molecule has 2 bridgehead atoms. The lowest BCUT2D eigenvalue weighted by Crippen LogP contribution is -2.63. The van der Waals surface area contributed by atoms with Crippen LogP contribution in [0.5, 0.6) is 0 Å². The summed E-state index contributed by atoms with van der Waals surface area (Å²) < 4.78 is 0. The second-order valence-corrected chi connectivity index (χ2v) is 13.2. The van der Waals surface area contributed by atoms with Crippen LogP contribution >= 0.6 is 23.5 Å². The molecular formula is C24H30N4O4S2. The highest BCUT2D eigenvalue weighted by molar-refractivity contribution is 7.99. The number of hydrogen-bond acceptors (Lipinski definition) is 8. The molecule has 4 heterocycles. The van der Waals surface area contributed by atoms with Crippen LogP contribution < -0.4 is 0 Å².